The third-order valence-corrected chi connectivity index (χ3v) is 3.03. The summed E-state index contributed by atoms with van der Waals surface area (Å²) in [6, 6.07) is 7.69. The van der Waals surface area contributed by atoms with Crippen LogP contribution in [0.15, 0.2) is 36.4 Å². The zero-order chi connectivity index (χ0) is 17.7. The van der Waals surface area contributed by atoms with E-state index in [9.17, 15) is 18.0 Å². The molecule has 1 aromatic heterocycles. The van der Waals surface area contributed by atoms with Gasteiger partial charge in [0.1, 0.15) is 0 Å². The zero-order valence-electron chi connectivity index (χ0n) is 13.2. The van der Waals surface area contributed by atoms with Crippen LogP contribution in [0.3, 0.4) is 0 Å². The van der Waals surface area contributed by atoms with E-state index in [2.05, 4.69) is 20.8 Å². The highest BCUT2D eigenvalue weighted by molar-refractivity contribution is 5.92. The van der Waals surface area contributed by atoms with Crippen LogP contribution in [-0.2, 0) is 6.18 Å². The van der Waals surface area contributed by atoms with Crippen molar-refractivity contribution in [3.63, 3.8) is 0 Å². The first-order valence-electron chi connectivity index (χ1n) is 7.32. The molecule has 1 amide bonds. The molecule has 128 valence electrons. The van der Waals surface area contributed by atoms with Gasteiger partial charge < -0.3 is 10.6 Å². The number of hydrogen-bond acceptors (Lipinski definition) is 4. The Morgan fingerprint density at radius 1 is 1.17 bits per heavy atom. The minimum absolute atomic E-state index is 0.144. The molecule has 2 N–H and O–H groups in total. The Labute approximate surface area is 137 Å². The highest BCUT2D eigenvalue weighted by Gasteiger charge is 2.30. The number of amides is 1. The Hall–Kier alpha value is -2.64. The van der Waals surface area contributed by atoms with Crippen molar-refractivity contribution in [3.05, 3.63) is 47.7 Å². The van der Waals surface area contributed by atoms with E-state index in [1.807, 2.05) is 13.8 Å². The number of rotatable bonds is 5. The van der Waals surface area contributed by atoms with Gasteiger partial charge >= 0.3 is 6.18 Å². The van der Waals surface area contributed by atoms with Gasteiger partial charge in [-0.1, -0.05) is 19.9 Å². The minimum atomic E-state index is -4.41. The van der Waals surface area contributed by atoms with Gasteiger partial charge in [-0.15, -0.1) is 10.2 Å². The standard InChI is InChI=1S/C16H17F3N4O/c1-10(2)9-20-15(24)13-6-7-14(23-22-13)21-12-5-3-4-11(8-12)16(17,18)19/h3-8,10H,9H2,1-2H3,(H,20,24)(H,21,23). The van der Waals surface area contributed by atoms with Crippen molar-refractivity contribution >= 4 is 17.4 Å². The smallest absolute Gasteiger partial charge is 0.350 e. The zero-order valence-corrected chi connectivity index (χ0v) is 13.2. The molecule has 0 atom stereocenters. The number of aromatic nitrogens is 2. The number of anilines is 2. The number of carbonyl (C=O) groups excluding carboxylic acids is 1. The molecule has 0 aliphatic rings. The molecule has 0 bridgehead atoms. The first-order valence-corrected chi connectivity index (χ1v) is 7.32. The van der Waals surface area contributed by atoms with Crippen LogP contribution in [0.5, 0.6) is 0 Å². The van der Waals surface area contributed by atoms with Crippen molar-refractivity contribution in [2.24, 2.45) is 5.92 Å². The average molecular weight is 338 g/mol. The predicted octanol–water partition coefficient (Wildman–Crippen LogP) is 3.62. The molecule has 0 radical (unpaired) electrons. The Balaban J connectivity index is 2.05. The van der Waals surface area contributed by atoms with Crippen LogP contribution in [0.1, 0.15) is 29.9 Å². The lowest BCUT2D eigenvalue weighted by atomic mass is 10.2. The lowest BCUT2D eigenvalue weighted by Crippen LogP contribution is -2.28. The fraction of sp³-hybridized carbons (Fsp3) is 0.312. The van der Waals surface area contributed by atoms with Crippen LogP contribution >= 0.6 is 0 Å². The van der Waals surface area contributed by atoms with Crippen LogP contribution in [0.2, 0.25) is 0 Å². The summed E-state index contributed by atoms with van der Waals surface area (Å²) in [5, 5.41) is 13.0. The van der Waals surface area contributed by atoms with E-state index in [-0.39, 0.29) is 23.1 Å². The summed E-state index contributed by atoms with van der Waals surface area (Å²) in [7, 11) is 0. The summed E-state index contributed by atoms with van der Waals surface area (Å²) >= 11 is 0. The number of nitrogens with zero attached hydrogens (tertiary/aromatic N) is 2. The Morgan fingerprint density at radius 3 is 2.50 bits per heavy atom. The lowest BCUT2D eigenvalue weighted by Gasteiger charge is -2.10. The predicted molar refractivity (Wildman–Crippen MR) is 83.9 cm³/mol. The van der Waals surface area contributed by atoms with Crippen LogP contribution in [0, 0.1) is 5.92 Å². The number of carbonyl (C=O) groups is 1. The molecular weight excluding hydrogens is 321 g/mol. The van der Waals surface area contributed by atoms with Gasteiger partial charge in [0.2, 0.25) is 0 Å². The van der Waals surface area contributed by atoms with Crippen LogP contribution in [0.25, 0.3) is 0 Å². The lowest BCUT2D eigenvalue weighted by molar-refractivity contribution is -0.137. The fourth-order valence-corrected chi connectivity index (χ4v) is 1.83. The fourth-order valence-electron chi connectivity index (χ4n) is 1.83. The summed E-state index contributed by atoms with van der Waals surface area (Å²) in [5.74, 6) is 0.209. The van der Waals surface area contributed by atoms with Gasteiger partial charge in [-0.3, -0.25) is 4.79 Å². The second kappa shape index (κ2) is 7.29. The third kappa shape index (κ3) is 4.94. The van der Waals surface area contributed by atoms with Gasteiger partial charge in [-0.25, -0.2) is 0 Å². The van der Waals surface area contributed by atoms with Crippen molar-refractivity contribution in [3.8, 4) is 0 Å². The highest BCUT2D eigenvalue weighted by Crippen LogP contribution is 2.31. The first-order chi connectivity index (χ1) is 11.3. The van der Waals surface area contributed by atoms with E-state index in [4.69, 9.17) is 0 Å². The largest absolute Gasteiger partial charge is 0.416 e. The van der Waals surface area contributed by atoms with E-state index in [0.717, 1.165) is 12.1 Å². The normalized spacial score (nSPS) is 11.4. The Bertz CT molecular complexity index is 699. The topological polar surface area (TPSA) is 66.9 Å². The van der Waals surface area contributed by atoms with Crippen molar-refractivity contribution in [1.82, 2.24) is 15.5 Å². The molecule has 1 aromatic carbocycles. The number of halogens is 3. The third-order valence-electron chi connectivity index (χ3n) is 3.03. The van der Waals surface area contributed by atoms with Gasteiger partial charge in [0.05, 0.1) is 5.56 Å². The van der Waals surface area contributed by atoms with Gasteiger partial charge in [0.15, 0.2) is 11.5 Å². The maximum atomic E-state index is 12.7. The molecule has 5 nitrogen and oxygen atoms in total. The Morgan fingerprint density at radius 2 is 1.92 bits per heavy atom. The molecule has 1 heterocycles. The number of nitrogens with one attached hydrogen (secondary N) is 2. The Kier molecular flexibility index (Phi) is 5.38. The summed E-state index contributed by atoms with van der Waals surface area (Å²) in [6.45, 7) is 4.45. The molecule has 8 heteroatoms. The molecule has 2 aromatic rings. The molecule has 0 saturated carbocycles. The molecule has 0 aliphatic carbocycles. The quantitative estimate of drug-likeness (QED) is 0.874. The van der Waals surface area contributed by atoms with E-state index in [1.165, 1.54) is 24.3 Å². The molecular formula is C16H17F3N4O. The van der Waals surface area contributed by atoms with Gasteiger partial charge in [0, 0.05) is 12.2 Å². The van der Waals surface area contributed by atoms with Crippen molar-refractivity contribution in [1.29, 1.82) is 0 Å². The first kappa shape index (κ1) is 17.7. The summed E-state index contributed by atoms with van der Waals surface area (Å²) in [5.41, 5.74) is -0.383. The maximum absolute atomic E-state index is 12.7. The number of alkyl halides is 3. The van der Waals surface area contributed by atoms with E-state index in [1.54, 1.807) is 0 Å². The molecule has 0 spiro atoms. The monoisotopic (exact) mass is 338 g/mol. The summed E-state index contributed by atoms with van der Waals surface area (Å²) in [6.07, 6.45) is -4.41. The maximum Gasteiger partial charge on any atom is 0.416 e. The molecule has 0 unspecified atom stereocenters. The molecule has 0 saturated heterocycles. The summed E-state index contributed by atoms with van der Waals surface area (Å²) in [4.78, 5) is 11.8. The molecule has 2 rings (SSSR count). The van der Waals surface area contributed by atoms with Crippen molar-refractivity contribution in [2.45, 2.75) is 20.0 Å². The van der Waals surface area contributed by atoms with Gasteiger partial charge in [0.25, 0.3) is 5.91 Å². The van der Waals surface area contributed by atoms with Gasteiger partial charge in [-0.05, 0) is 36.2 Å². The van der Waals surface area contributed by atoms with Crippen LogP contribution < -0.4 is 10.6 Å². The molecule has 24 heavy (non-hydrogen) atoms. The second-order valence-electron chi connectivity index (χ2n) is 5.61. The molecule has 0 aliphatic heterocycles. The minimum Gasteiger partial charge on any atom is -0.350 e. The summed E-state index contributed by atoms with van der Waals surface area (Å²) < 4.78 is 38.0. The number of benzene rings is 1. The second-order valence-corrected chi connectivity index (χ2v) is 5.61. The number of hydrogen-bond donors (Lipinski definition) is 2. The van der Waals surface area contributed by atoms with Crippen LogP contribution in [0.4, 0.5) is 24.7 Å². The van der Waals surface area contributed by atoms with E-state index in [0.29, 0.717) is 12.5 Å². The van der Waals surface area contributed by atoms with Gasteiger partial charge in [-0.2, -0.15) is 13.2 Å². The average Bonchev–Trinajstić information content (AvgIpc) is 2.53. The highest BCUT2D eigenvalue weighted by atomic mass is 19.4. The van der Waals surface area contributed by atoms with E-state index >= 15 is 0 Å². The molecule has 0 fully saturated rings. The van der Waals surface area contributed by atoms with Crippen molar-refractivity contribution < 1.29 is 18.0 Å². The van der Waals surface area contributed by atoms with Crippen LogP contribution in [-0.4, -0.2) is 22.6 Å². The van der Waals surface area contributed by atoms with Crippen molar-refractivity contribution in [2.75, 3.05) is 11.9 Å². The van der Waals surface area contributed by atoms with E-state index < -0.39 is 11.7 Å². The SMILES string of the molecule is CC(C)CNC(=O)c1ccc(Nc2cccc(C(F)(F)F)c2)nn1.